The third-order valence-corrected chi connectivity index (χ3v) is 5.51. The molecule has 0 spiro atoms. The van der Waals surface area contributed by atoms with Crippen molar-refractivity contribution < 1.29 is 14.3 Å². The number of cyclic esters (lactones) is 1. The van der Waals surface area contributed by atoms with Crippen molar-refractivity contribution in [2.75, 3.05) is 37.0 Å². The second-order valence-electron chi connectivity index (χ2n) is 6.07. The Morgan fingerprint density at radius 3 is 2.72 bits per heavy atom. The van der Waals surface area contributed by atoms with Crippen LogP contribution in [0.25, 0.3) is 0 Å². The van der Waals surface area contributed by atoms with Gasteiger partial charge in [0.05, 0.1) is 22.7 Å². The number of halogens is 1. The highest BCUT2D eigenvalue weighted by molar-refractivity contribution is 8.05. The first-order valence-electron chi connectivity index (χ1n) is 7.98. The average molecular weight is 382 g/mol. The molecule has 1 unspecified atom stereocenters. The van der Waals surface area contributed by atoms with Crippen molar-refractivity contribution in [2.45, 2.75) is 17.2 Å². The molecule has 25 heavy (non-hydrogen) atoms. The van der Waals surface area contributed by atoms with E-state index in [1.165, 1.54) is 11.8 Å². The zero-order valence-corrected chi connectivity index (χ0v) is 15.6. The fourth-order valence-corrected chi connectivity index (χ4v) is 3.86. The van der Waals surface area contributed by atoms with Gasteiger partial charge >= 0.3 is 6.09 Å². The van der Waals surface area contributed by atoms with Crippen LogP contribution in [0.1, 0.15) is 6.42 Å². The smallest absolute Gasteiger partial charge is 0.414 e. The van der Waals surface area contributed by atoms with Crippen molar-refractivity contribution in [2.24, 2.45) is 0 Å². The van der Waals surface area contributed by atoms with Gasteiger partial charge in [-0.05, 0) is 30.7 Å². The summed E-state index contributed by atoms with van der Waals surface area (Å²) in [4.78, 5) is 28.4. The van der Waals surface area contributed by atoms with Crippen LogP contribution in [-0.4, -0.2) is 50.0 Å². The number of allylic oxidation sites excluding steroid dienone is 1. The van der Waals surface area contributed by atoms with Crippen molar-refractivity contribution in [1.29, 1.82) is 0 Å². The predicted molar refractivity (Wildman–Crippen MR) is 101 cm³/mol. The Kier molecular flexibility index (Phi) is 5.44. The molecule has 2 aliphatic heterocycles. The normalized spacial score (nSPS) is 22.6. The average Bonchev–Trinajstić information content (AvgIpc) is 3.18. The van der Waals surface area contributed by atoms with Crippen LogP contribution in [0.15, 0.2) is 35.2 Å². The van der Waals surface area contributed by atoms with Gasteiger partial charge in [0.15, 0.2) is 0 Å². The molecule has 2 aliphatic rings. The molecule has 3 rings (SSSR count). The molecule has 1 fully saturated rings. The molecule has 0 aliphatic carbocycles. The Hall–Kier alpha value is -1.86. The second kappa shape index (κ2) is 7.58. The van der Waals surface area contributed by atoms with Crippen LogP contribution in [0.4, 0.5) is 16.2 Å². The van der Waals surface area contributed by atoms with Gasteiger partial charge < -0.3 is 15.0 Å². The van der Waals surface area contributed by atoms with Gasteiger partial charge in [-0.3, -0.25) is 9.69 Å². The van der Waals surface area contributed by atoms with E-state index in [1.54, 1.807) is 4.90 Å². The Labute approximate surface area is 156 Å². The number of alkyl halides is 1. The molecule has 6 nitrogen and oxygen atoms in total. The maximum absolute atomic E-state index is 12.1. The number of carbonyl (C=O) groups is 2. The van der Waals surface area contributed by atoms with E-state index in [4.69, 9.17) is 16.3 Å². The standard InChI is InChI=1S/C17H20ClN3O3S/c1-20(2)11-3-5-12(6-4-11)21-10-13(24-17(21)23)9-19-16(22)14-7-8-15(18)25-14/h3-7,13,15H,8-10H2,1-2H3,(H,19,22)/t13-,15?/m0/s1. The summed E-state index contributed by atoms with van der Waals surface area (Å²) in [5.41, 5.74) is 1.84. The van der Waals surface area contributed by atoms with Gasteiger partial charge in [-0.15, -0.1) is 23.4 Å². The minimum absolute atomic E-state index is 0.0781. The number of hydrogen-bond donors (Lipinski definition) is 1. The zero-order valence-electron chi connectivity index (χ0n) is 14.1. The summed E-state index contributed by atoms with van der Waals surface area (Å²) < 4.78 is 5.27. The van der Waals surface area contributed by atoms with Gasteiger partial charge in [0.2, 0.25) is 0 Å². The SMILES string of the molecule is CN(C)c1ccc(N2C[C@H](CNC(=O)C3=CCC(Cl)S3)OC2=O)cc1. The first-order valence-corrected chi connectivity index (χ1v) is 9.30. The van der Waals surface area contributed by atoms with Gasteiger partial charge in [-0.2, -0.15) is 0 Å². The number of benzene rings is 1. The fraction of sp³-hybridized carbons (Fsp3) is 0.412. The first-order chi connectivity index (χ1) is 11.9. The van der Waals surface area contributed by atoms with Gasteiger partial charge in [0.1, 0.15) is 6.10 Å². The van der Waals surface area contributed by atoms with Crippen molar-refractivity contribution in [3.05, 3.63) is 35.2 Å². The van der Waals surface area contributed by atoms with Crippen LogP contribution in [0, 0.1) is 0 Å². The molecular weight excluding hydrogens is 362 g/mol. The molecule has 0 saturated carbocycles. The van der Waals surface area contributed by atoms with Crippen molar-refractivity contribution in [3.8, 4) is 0 Å². The molecule has 2 heterocycles. The quantitative estimate of drug-likeness (QED) is 0.794. The Bertz CT molecular complexity index is 693. The summed E-state index contributed by atoms with van der Waals surface area (Å²) in [6.07, 6.45) is 1.75. The zero-order chi connectivity index (χ0) is 18.0. The van der Waals surface area contributed by atoms with E-state index in [0.717, 1.165) is 11.4 Å². The van der Waals surface area contributed by atoms with Crippen molar-refractivity contribution >= 4 is 46.7 Å². The molecule has 0 radical (unpaired) electrons. The number of nitrogens with zero attached hydrogens (tertiary/aromatic N) is 2. The van der Waals surface area contributed by atoms with E-state index in [9.17, 15) is 9.59 Å². The minimum atomic E-state index is -0.396. The Balaban J connectivity index is 1.54. The largest absolute Gasteiger partial charge is 0.442 e. The second-order valence-corrected chi connectivity index (χ2v) is 8.10. The van der Waals surface area contributed by atoms with Crippen LogP contribution < -0.4 is 15.1 Å². The molecule has 1 saturated heterocycles. The van der Waals surface area contributed by atoms with E-state index < -0.39 is 6.09 Å². The third kappa shape index (κ3) is 4.22. The van der Waals surface area contributed by atoms with E-state index >= 15 is 0 Å². The van der Waals surface area contributed by atoms with Gasteiger partial charge in [-0.25, -0.2) is 4.79 Å². The highest BCUT2D eigenvalue weighted by atomic mass is 35.5. The van der Waals surface area contributed by atoms with E-state index in [2.05, 4.69) is 5.32 Å². The molecule has 1 aromatic carbocycles. The number of rotatable bonds is 5. The van der Waals surface area contributed by atoms with Crippen molar-refractivity contribution in [3.63, 3.8) is 0 Å². The fourth-order valence-electron chi connectivity index (χ4n) is 2.64. The number of carbonyl (C=O) groups excluding carboxylic acids is 2. The molecule has 2 amide bonds. The Morgan fingerprint density at radius 2 is 2.12 bits per heavy atom. The maximum Gasteiger partial charge on any atom is 0.414 e. The molecule has 0 aromatic heterocycles. The first kappa shape index (κ1) is 17.9. The number of thioether (sulfide) groups is 1. The summed E-state index contributed by atoms with van der Waals surface area (Å²) >= 11 is 7.32. The third-order valence-electron chi connectivity index (χ3n) is 4.01. The lowest BCUT2D eigenvalue weighted by atomic mass is 10.2. The van der Waals surface area contributed by atoms with Gasteiger partial charge in [0.25, 0.3) is 5.91 Å². The molecular formula is C17H20ClN3O3S. The highest BCUT2D eigenvalue weighted by Crippen LogP contribution is 2.34. The Morgan fingerprint density at radius 1 is 1.40 bits per heavy atom. The van der Waals surface area contributed by atoms with Crippen LogP contribution in [0.2, 0.25) is 0 Å². The predicted octanol–water partition coefficient (Wildman–Crippen LogP) is 2.78. The van der Waals surface area contributed by atoms with Gasteiger partial charge in [-0.1, -0.05) is 6.08 Å². The molecule has 0 bridgehead atoms. The topological polar surface area (TPSA) is 61.9 Å². The van der Waals surface area contributed by atoms with Gasteiger partial charge in [0, 0.05) is 25.5 Å². The molecule has 1 N–H and O–H groups in total. The minimum Gasteiger partial charge on any atom is -0.442 e. The van der Waals surface area contributed by atoms with E-state index in [0.29, 0.717) is 17.9 Å². The lowest BCUT2D eigenvalue weighted by molar-refractivity contribution is -0.117. The van der Waals surface area contributed by atoms with Crippen LogP contribution in [-0.2, 0) is 9.53 Å². The summed E-state index contributed by atoms with van der Waals surface area (Å²) in [7, 11) is 3.92. The lowest BCUT2D eigenvalue weighted by Gasteiger charge is -2.16. The van der Waals surface area contributed by atoms with E-state index in [-0.39, 0.29) is 23.3 Å². The molecule has 8 heteroatoms. The highest BCUT2D eigenvalue weighted by Gasteiger charge is 2.33. The number of nitrogens with one attached hydrogen (secondary N) is 1. The summed E-state index contributed by atoms with van der Waals surface area (Å²) in [5, 5.41) is 2.81. The van der Waals surface area contributed by atoms with Crippen LogP contribution in [0.5, 0.6) is 0 Å². The molecule has 1 aromatic rings. The lowest BCUT2D eigenvalue weighted by Crippen LogP contribution is -2.34. The molecule has 2 atom stereocenters. The van der Waals surface area contributed by atoms with E-state index in [1.807, 2.05) is 49.3 Å². The number of ether oxygens (including phenoxy) is 1. The molecule has 134 valence electrons. The van der Waals surface area contributed by atoms with Crippen molar-refractivity contribution in [1.82, 2.24) is 5.32 Å². The number of hydrogen-bond acceptors (Lipinski definition) is 5. The monoisotopic (exact) mass is 381 g/mol. The van der Waals surface area contributed by atoms with Crippen LogP contribution >= 0.6 is 23.4 Å². The maximum atomic E-state index is 12.1. The summed E-state index contributed by atoms with van der Waals surface area (Å²) in [6.45, 7) is 0.687. The number of anilines is 2. The summed E-state index contributed by atoms with van der Waals surface area (Å²) in [5.74, 6) is -0.169. The summed E-state index contributed by atoms with van der Waals surface area (Å²) in [6, 6.07) is 7.67. The number of amides is 2. The van der Waals surface area contributed by atoms with Crippen LogP contribution in [0.3, 0.4) is 0 Å².